The molecule has 0 aliphatic rings. The summed E-state index contributed by atoms with van der Waals surface area (Å²) in [5, 5.41) is 11.5. The molecule has 45 heavy (non-hydrogen) atoms. The van der Waals surface area contributed by atoms with E-state index in [0.717, 1.165) is 64.2 Å². The van der Waals surface area contributed by atoms with Crippen molar-refractivity contribution in [3.05, 3.63) is 48.6 Å². The lowest BCUT2D eigenvalue weighted by molar-refractivity contribution is -0.889. The molecule has 0 rings (SSSR count). The number of likely N-dealkylation sites (N-methyl/N-ethyl adjacent to an activating group) is 1. The third kappa shape index (κ3) is 27.3. The fourth-order valence-electron chi connectivity index (χ4n) is 4.48. The van der Waals surface area contributed by atoms with Crippen molar-refractivity contribution in [3.8, 4) is 0 Å². The van der Waals surface area contributed by atoms with Crippen molar-refractivity contribution in [2.45, 2.75) is 129 Å². The SMILES string of the molecule is CC/C=C/C/C=C/C/C=C/CCCC(=O)OC(COCCC(C(=O)[O-])[N+](C)(C)C)COC(=O)CCCCCC/C=C/CCCC. The van der Waals surface area contributed by atoms with Crippen LogP contribution in [0.4, 0.5) is 0 Å². The van der Waals surface area contributed by atoms with Gasteiger partial charge in [-0.15, -0.1) is 0 Å². The monoisotopic (exact) mass is 633 g/mol. The number of hydrogen-bond acceptors (Lipinski definition) is 7. The molecule has 0 amide bonds. The highest BCUT2D eigenvalue weighted by molar-refractivity contribution is 5.70. The zero-order valence-corrected chi connectivity index (χ0v) is 29.0. The van der Waals surface area contributed by atoms with Crippen molar-refractivity contribution in [1.82, 2.24) is 0 Å². The number of carboxylic acids is 1. The maximum Gasteiger partial charge on any atom is 0.306 e. The number of rotatable bonds is 29. The number of aliphatic carboxylic acids is 1. The number of carbonyl (C=O) groups is 3. The molecular weight excluding hydrogens is 570 g/mol. The fourth-order valence-corrected chi connectivity index (χ4v) is 4.48. The van der Waals surface area contributed by atoms with Crippen LogP contribution in [0.2, 0.25) is 0 Å². The lowest BCUT2D eigenvalue weighted by Gasteiger charge is -2.34. The smallest absolute Gasteiger partial charge is 0.306 e. The average molecular weight is 634 g/mol. The number of allylic oxidation sites excluding steroid dienone is 8. The Labute approximate surface area is 274 Å². The highest BCUT2D eigenvalue weighted by Crippen LogP contribution is 2.11. The van der Waals surface area contributed by atoms with E-state index in [4.69, 9.17) is 14.2 Å². The largest absolute Gasteiger partial charge is 0.544 e. The Hall–Kier alpha value is -2.71. The summed E-state index contributed by atoms with van der Waals surface area (Å²) < 4.78 is 16.9. The predicted octanol–water partition coefficient (Wildman–Crippen LogP) is 6.79. The third-order valence-corrected chi connectivity index (χ3v) is 7.20. The van der Waals surface area contributed by atoms with Crippen LogP contribution < -0.4 is 5.11 Å². The van der Waals surface area contributed by atoms with Gasteiger partial charge in [-0.3, -0.25) is 9.59 Å². The molecular formula is C37H63NO7. The van der Waals surface area contributed by atoms with E-state index in [1.54, 1.807) is 21.1 Å². The van der Waals surface area contributed by atoms with Crippen LogP contribution in [-0.4, -0.2) is 75.5 Å². The Bertz CT molecular complexity index is 886. The number of carbonyl (C=O) groups excluding carboxylic acids is 3. The van der Waals surface area contributed by atoms with Gasteiger partial charge in [-0.05, 0) is 57.8 Å². The van der Waals surface area contributed by atoms with E-state index in [1.807, 2.05) is 0 Å². The molecule has 2 unspecified atom stereocenters. The zero-order chi connectivity index (χ0) is 33.6. The molecule has 0 N–H and O–H groups in total. The van der Waals surface area contributed by atoms with Gasteiger partial charge in [0, 0.05) is 19.3 Å². The number of esters is 2. The highest BCUT2D eigenvalue weighted by Gasteiger charge is 2.25. The van der Waals surface area contributed by atoms with Crippen molar-refractivity contribution in [1.29, 1.82) is 0 Å². The van der Waals surface area contributed by atoms with E-state index < -0.39 is 18.1 Å². The van der Waals surface area contributed by atoms with Crippen LogP contribution in [0.1, 0.15) is 117 Å². The summed E-state index contributed by atoms with van der Waals surface area (Å²) in [5.41, 5.74) is 0. The molecule has 0 spiro atoms. The van der Waals surface area contributed by atoms with Crippen LogP contribution >= 0.6 is 0 Å². The summed E-state index contributed by atoms with van der Waals surface area (Å²) in [6.07, 6.45) is 30.1. The molecule has 258 valence electrons. The van der Waals surface area contributed by atoms with Gasteiger partial charge in [0.05, 0.1) is 40.3 Å². The molecule has 0 heterocycles. The second kappa shape index (κ2) is 28.7. The first-order valence-corrected chi connectivity index (χ1v) is 17.2. The molecule has 0 aliphatic carbocycles. The summed E-state index contributed by atoms with van der Waals surface area (Å²) in [6.45, 7) is 4.39. The van der Waals surface area contributed by atoms with E-state index in [2.05, 4.69) is 62.5 Å². The van der Waals surface area contributed by atoms with Gasteiger partial charge in [0.15, 0.2) is 6.10 Å². The van der Waals surface area contributed by atoms with Crippen LogP contribution in [0.5, 0.6) is 0 Å². The molecule has 0 saturated heterocycles. The summed E-state index contributed by atoms with van der Waals surface area (Å²) >= 11 is 0. The second-order valence-corrected chi connectivity index (χ2v) is 12.4. The summed E-state index contributed by atoms with van der Waals surface area (Å²) in [5.74, 6) is -1.84. The Morgan fingerprint density at radius 1 is 0.689 bits per heavy atom. The Morgan fingerprint density at radius 2 is 1.27 bits per heavy atom. The molecule has 0 aromatic carbocycles. The maximum atomic E-state index is 12.5. The Balaban J connectivity index is 4.59. The number of unbranched alkanes of at least 4 members (excludes halogenated alkanes) is 7. The second-order valence-electron chi connectivity index (χ2n) is 12.4. The van der Waals surface area contributed by atoms with Crippen LogP contribution in [0.15, 0.2) is 48.6 Å². The van der Waals surface area contributed by atoms with Crippen molar-refractivity contribution in [3.63, 3.8) is 0 Å². The molecule has 2 atom stereocenters. The first-order valence-electron chi connectivity index (χ1n) is 17.2. The lowest BCUT2D eigenvalue weighted by Crippen LogP contribution is -2.55. The first-order chi connectivity index (χ1) is 21.6. The Kier molecular flexibility index (Phi) is 27.0. The van der Waals surface area contributed by atoms with Crippen molar-refractivity contribution >= 4 is 17.9 Å². The minimum Gasteiger partial charge on any atom is -0.544 e. The molecule has 0 aromatic rings. The van der Waals surface area contributed by atoms with Gasteiger partial charge in [-0.25, -0.2) is 0 Å². The number of nitrogens with zero attached hydrogens (tertiary/aromatic N) is 1. The first kappa shape index (κ1) is 42.3. The van der Waals surface area contributed by atoms with E-state index in [1.165, 1.54) is 12.8 Å². The van der Waals surface area contributed by atoms with Gasteiger partial charge < -0.3 is 28.6 Å². The summed E-state index contributed by atoms with van der Waals surface area (Å²) in [4.78, 5) is 36.4. The van der Waals surface area contributed by atoms with Crippen LogP contribution in [0, 0.1) is 0 Å². The van der Waals surface area contributed by atoms with Gasteiger partial charge in [0.2, 0.25) is 0 Å². The zero-order valence-electron chi connectivity index (χ0n) is 29.0. The van der Waals surface area contributed by atoms with Crippen LogP contribution in [0.25, 0.3) is 0 Å². The van der Waals surface area contributed by atoms with Crippen molar-refractivity contribution < 1.29 is 38.2 Å². The minimum atomic E-state index is -1.14. The third-order valence-electron chi connectivity index (χ3n) is 7.20. The topological polar surface area (TPSA) is 102 Å². The molecule has 0 aromatic heterocycles. The van der Waals surface area contributed by atoms with Gasteiger partial charge in [-0.1, -0.05) is 88.1 Å². The van der Waals surface area contributed by atoms with Gasteiger partial charge >= 0.3 is 11.9 Å². The molecule has 8 heteroatoms. The number of quaternary nitrogens is 1. The molecule has 0 saturated carbocycles. The van der Waals surface area contributed by atoms with E-state index in [-0.39, 0.29) is 49.1 Å². The Morgan fingerprint density at radius 3 is 1.91 bits per heavy atom. The van der Waals surface area contributed by atoms with Crippen LogP contribution in [-0.2, 0) is 28.6 Å². The number of hydrogen-bond donors (Lipinski definition) is 0. The van der Waals surface area contributed by atoms with Crippen LogP contribution in [0.3, 0.4) is 0 Å². The normalized spacial score (nSPS) is 13.7. The van der Waals surface area contributed by atoms with E-state index in [0.29, 0.717) is 12.8 Å². The number of carboxylic acid groups (broad SMARTS) is 1. The molecule has 0 fully saturated rings. The average Bonchev–Trinajstić information content (AvgIpc) is 2.98. The van der Waals surface area contributed by atoms with Gasteiger partial charge in [-0.2, -0.15) is 0 Å². The van der Waals surface area contributed by atoms with Crippen molar-refractivity contribution in [2.75, 3.05) is 41.0 Å². The number of ether oxygens (including phenoxy) is 3. The minimum absolute atomic E-state index is 0.0153. The highest BCUT2D eigenvalue weighted by atomic mass is 16.6. The summed E-state index contributed by atoms with van der Waals surface area (Å²) in [7, 11) is 5.36. The molecule has 0 radical (unpaired) electrons. The standard InChI is InChI=1S/C37H63NO7/c1-6-8-10-12-14-16-18-20-22-24-26-28-36(40)45-33(31-43-30-29-34(37(41)42)38(3,4)5)32-44-35(39)27-25-23-21-19-17-15-13-11-9-7-2/h8,10,13-16,20,22,33-34H,6-7,9,11-12,17-19,21,23-32H2,1-5H3/b10-8+,15-13+,16-14+,22-20+. The van der Waals surface area contributed by atoms with E-state index >= 15 is 0 Å². The molecule has 0 aliphatic heterocycles. The molecule has 8 nitrogen and oxygen atoms in total. The quantitative estimate of drug-likeness (QED) is 0.0387. The molecule has 0 bridgehead atoms. The van der Waals surface area contributed by atoms with Gasteiger partial charge in [0.25, 0.3) is 0 Å². The lowest BCUT2D eigenvalue weighted by atomic mass is 10.1. The fraction of sp³-hybridized carbons (Fsp3) is 0.703. The maximum absolute atomic E-state index is 12.5. The predicted molar refractivity (Wildman–Crippen MR) is 180 cm³/mol. The van der Waals surface area contributed by atoms with E-state index in [9.17, 15) is 19.5 Å². The summed E-state index contributed by atoms with van der Waals surface area (Å²) in [6, 6.07) is -0.734. The van der Waals surface area contributed by atoms with Gasteiger partial charge in [0.1, 0.15) is 12.6 Å². The van der Waals surface area contributed by atoms with Crippen molar-refractivity contribution in [2.24, 2.45) is 0 Å².